The average molecular weight is 373 g/mol. The number of carbonyl (C=O) groups is 1. The molecule has 1 saturated carbocycles. The van der Waals surface area contributed by atoms with Crippen LogP contribution in [0.4, 0.5) is 0 Å². The Morgan fingerprint density at radius 3 is 2.69 bits per heavy atom. The molecule has 1 atom stereocenters. The van der Waals surface area contributed by atoms with Crippen molar-refractivity contribution >= 4 is 21.3 Å². The van der Waals surface area contributed by atoms with Crippen molar-refractivity contribution in [3.63, 3.8) is 0 Å². The van der Waals surface area contributed by atoms with Crippen LogP contribution >= 0.6 is 0 Å². The van der Waals surface area contributed by atoms with Crippen molar-refractivity contribution in [3.8, 4) is 0 Å². The first kappa shape index (κ1) is 16.8. The maximum atomic E-state index is 13.3. The Kier molecular flexibility index (Phi) is 3.87. The summed E-state index contributed by atoms with van der Waals surface area (Å²) < 4.78 is 31.1. The van der Waals surface area contributed by atoms with Gasteiger partial charge in [-0.1, -0.05) is 6.07 Å². The van der Waals surface area contributed by atoms with Gasteiger partial charge in [0.15, 0.2) is 5.69 Å². The number of carbonyl (C=O) groups excluding carboxylic acids is 1. The average Bonchev–Trinajstić information content (AvgIpc) is 3.13. The van der Waals surface area contributed by atoms with Crippen LogP contribution < -0.4 is 0 Å². The summed E-state index contributed by atoms with van der Waals surface area (Å²) in [7, 11) is -3.57. The third-order valence-corrected chi connectivity index (χ3v) is 5.55. The Morgan fingerprint density at radius 1 is 1.31 bits per heavy atom. The van der Waals surface area contributed by atoms with Crippen LogP contribution in [-0.2, 0) is 9.84 Å². The van der Waals surface area contributed by atoms with Crippen LogP contribution in [0.1, 0.15) is 42.1 Å². The van der Waals surface area contributed by atoms with Gasteiger partial charge >= 0.3 is 0 Å². The van der Waals surface area contributed by atoms with E-state index < -0.39 is 9.84 Å². The van der Waals surface area contributed by atoms with E-state index in [0.717, 1.165) is 19.1 Å². The normalized spacial score (nSPS) is 15.9. The number of sulfone groups is 1. The minimum atomic E-state index is -3.57. The van der Waals surface area contributed by atoms with Crippen molar-refractivity contribution in [2.75, 3.05) is 6.26 Å². The van der Waals surface area contributed by atoms with E-state index in [1.165, 1.54) is 4.40 Å². The van der Waals surface area contributed by atoms with E-state index in [-0.39, 0.29) is 28.8 Å². The molecule has 4 rings (SSSR count). The quantitative estimate of drug-likeness (QED) is 0.686. The number of fused-ring (bicyclic) bond motifs is 1. The van der Waals surface area contributed by atoms with E-state index in [2.05, 4.69) is 4.98 Å². The maximum Gasteiger partial charge on any atom is 0.275 e. The van der Waals surface area contributed by atoms with E-state index in [0.29, 0.717) is 11.3 Å². The summed E-state index contributed by atoms with van der Waals surface area (Å²) in [6, 6.07) is 8.66. The molecule has 0 saturated heterocycles. The lowest BCUT2D eigenvalue weighted by atomic mass is 10.2. The molecule has 0 N–H and O–H groups in total. The van der Waals surface area contributed by atoms with Crippen LogP contribution in [0.2, 0.25) is 0 Å². The molecule has 0 spiro atoms. The van der Waals surface area contributed by atoms with E-state index >= 15 is 0 Å². The molecule has 3 aromatic rings. The fraction of sp³-hybridized carbons (Fsp3) is 0.333. The summed E-state index contributed by atoms with van der Waals surface area (Å²) >= 11 is 0. The molecular formula is C18H19N3O4S. The Bertz CT molecular complexity index is 1070. The highest BCUT2D eigenvalue weighted by molar-refractivity contribution is 7.90. The minimum absolute atomic E-state index is 0.116. The number of furan rings is 1. The van der Waals surface area contributed by atoms with Crippen molar-refractivity contribution in [1.82, 2.24) is 14.3 Å². The first-order valence-corrected chi connectivity index (χ1v) is 10.3. The molecule has 136 valence electrons. The number of imidazole rings is 1. The summed E-state index contributed by atoms with van der Waals surface area (Å²) in [5.74, 6) is 0.409. The third kappa shape index (κ3) is 2.80. The number of hydrogen-bond donors (Lipinski definition) is 0. The highest BCUT2D eigenvalue weighted by Crippen LogP contribution is 2.36. The van der Waals surface area contributed by atoms with Crippen LogP contribution in [0.5, 0.6) is 0 Å². The summed E-state index contributed by atoms with van der Waals surface area (Å²) in [6.45, 7) is 1.91. The van der Waals surface area contributed by atoms with Crippen LogP contribution in [0, 0.1) is 0 Å². The van der Waals surface area contributed by atoms with E-state index in [1.807, 2.05) is 13.0 Å². The number of aromatic nitrogens is 2. The molecule has 1 amide bonds. The minimum Gasteiger partial charge on any atom is -0.467 e. The van der Waals surface area contributed by atoms with Crippen LogP contribution in [0.3, 0.4) is 0 Å². The van der Waals surface area contributed by atoms with Crippen molar-refractivity contribution in [2.45, 2.75) is 37.0 Å². The molecule has 8 heteroatoms. The van der Waals surface area contributed by atoms with E-state index in [4.69, 9.17) is 4.42 Å². The van der Waals surface area contributed by atoms with Gasteiger partial charge in [0.25, 0.3) is 5.91 Å². The van der Waals surface area contributed by atoms with E-state index in [9.17, 15) is 13.2 Å². The zero-order chi connectivity index (χ0) is 18.5. The molecule has 1 aliphatic rings. The molecule has 0 aromatic carbocycles. The van der Waals surface area contributed by atoms with Crippen molar-refractivity contribution in [1.29, 1.82) is 0 Å². The third-order valence-electron chi connectivity index (χ3n) is 4.60. The maximum absolute atomic E-state index is 13.3. The topological polar surface area (TPSA) is 84.9 Å². The lowest BCUT2D eigenvalue weighted by molar-refractivity contribution is 0.0649. The summed E-state index contributed by atoms with van der Waals surface area (Å²) in [6.07, 6.45) is 6.11. The molecule has 0 radical (unpaired) electrons. The van der Waals surface area contributed by atoms with Crippen molar-refractivity contribution in [2.24, 2.45) is 0 Å². The largest absolute Gasteiger partial charge is 0.467 e. The lowest BCUT2D eigenvalue weighted by Crippen LogP contribution is -2.35. The van der Waals surface area contributed by atoms with Crippen LogP contribution in [0.25, 0.3) is 5.52 Å². The van der Waals surface area contributed by atoms with Gasteiger partial charge in [0.05, 0.1) is 17.8 Å². The molecule has 1 unspecified atom stereocenters. The van der Waals surface area contributed by atoms with Gasteiger partial charge in [0.2, 0.25) is 15.0 Å². The number of amides is 1. The number of nitrogens with zero attached hydrogens (tertiary/aromatic N) is 3. The molecule has 0 aliphatic heterocycles. The standard InChI is InChI=1S/C18H19N3O4S/c1-12(15-7-5-11-25-15)21(13-8-9-13)17(22)16-14-6-3-4-10-20(14)18(19-16)26(2,23)24/h3-7,10-13H,8-9H2,1-2H3. The van der Waals surface area contributed by atoms with Gasteiger partial charge in [-0.3, -0.25) is 9.20 Å². The zero-order valence-corrected chi connectivity index (χ0v) is 15.3. The predicted molar refractivity (Wildman–Crippen MR) is 94.6 cm³/mol. The summed E-state index contributed by atoms with van der Waals surface area (Å²) in [4.78, 5) is 19.3. The molecular weight excluding hydrogens is 354 g/mol. The zero-order valence-electron chi connectivity index (χ0n) is 14.5. The van der Waals surface area contributed by atoms with Gasteiger partial charge in [-0.05, 0) is 44.0 Å². The van der Waals surface area contributed by atoms with Gasteiger partial charge in [-0.25, -0.2) is 13.4 Å². The van der Waals surface area contributed by atoms with Gasteiger partial charge < -0.3 is 9.32 Å². The number of rotatable bonds is 5. The molecule has 0 bridgehead atoms. The number of pyridine rings is 1. The van der Waals surface area contributed by atoms with Crippen LogP contribution in [0.15, 0.2) is 52.4 Å². The summed E-state index contributed by atoms with van der Waals surface area (Å²) in [5.41, 5.74) is 0.631. The fourth-order valence-corrected chi connectivity index (χ4v) is 4.00. The Hall–Kier alpha value is -2.61. The second kappa shape index (κ2) is 5.98. The monoisotopic (exact) mass is 373 g/mol. The molecule has 26 heavy (non-hydrogen) atoms. The SMILES string of the molecule is CC(c1ccco1)N(C(=O)c1nc(S(C)(=O)=O)n2ccccc12)C1CC1. The first-order chi connectivity index (χ1) is 12.4. The Morgan fingerprint density at radius 2 is 2.08 bits per heavy atom. The fourth-order valence-electron chi connectivity index (χ4n) is 3.23. The second-order valence-corrected chi connectivity index (χ2v) is 8.52. The molecule has 3 aromatic heterocycles. The molecule has 1 aliphatic carbocycles. The highest BCUT2D eigenvalue weighted by atomic mass is 32.2. The summed E-state index contributed by atoms with van der Waals surface area (Å²) in [5, 5.41) is -0.127. The Balaban J connectivity index is 1.82. The lowest BCUT2D eigenvalue weighted by Gasteiger charge is -2.27. The van der Waals surface area contributed by atoms with E-state index in [1.54, 1.807) is 41.6 Å². The second-order valence-electron chi connectivity index (χ2n) is 6.61. The van der Waals surface area contributed by atoms with Gasteiger partial charge in [0, 0.05) is 18.5 Å². The van der Waals surface area contributed by atoms with Gasteiger partial charge in [-0.2, -0.15) is 0 Å². The van der Waals surface area contributed by atoms with Crippen molar-refractivity contribution < 1.29 is 17.6 Å². The Labute approximate surface area is 151 Å². The highest BCUT2D eigenvalue weighted by Gasteiger charge is 2.39. The molecule has 7 nitrogen and oxygen atoms in total. The van der Waals surface area contributed by atoms with Crippen LogP contribution in [-0.4, -0.2) is 40.9 Å². The molecule has 3 heterocycles. The molecule has 1 fully saturated rings. The van der Waals surface area contributed by atoms with Crippen molar-refractivity contribution in [3.05, 3.63) is 54.2 Å². The number of hydrogen-bond acceptors (Lipinski definition) is 5. The smallest absolute Gasteiger partial charge is 0.275 e. The van der Waals surface area contributed by atoms with Gasteiger partial charge in [-0.15, -0.1) is 0 Å². The van der Waals surface area contributed by atoms with Gasteiger partial charge in [0.1, 0.15) is 5.76 Å². The predicted octanol–water partition coefficient (Wildman–Crippen LogP) is 2.70. The first-order valence-electron chi connectivity index (χ1n) is 8.41.